The smallest absolute Gasteiger partial charge is 0.320 e. The third kappa shape index (κ3) is 3.39. The Kier molecular flexibility index (Phi) is 5.20. The summed E-state index contributed by atoms with van der Waals surface area (Å²) in [6.45, 7) is 9.41. The molecule has 0 spiro atoms. The second-order valence-corrected chi connectivity index (χ2v) is 5.72. The lowest BCUT2D eigenvalue weighted by Gasteiger charge is -2.41. The zero-order chi connectivity index (χ0) is 14.6. The molecule has 0 radical (unpaired) electrons. The van der Waals surface area contributed by atoms with Gasteiger partial charge in [0.15, 0.2) is 0 Å². The molecule has 1 heterocycles. The third-order valence-corrected chi connectivity index (χ3v) is 4.19. The summed E-state index contributed by atoms with van der Waals surface area (Å²) in [6, 6.07) is 0.166. The summed E-state index contributed by atoms with van der Waals surface area (Å²) in [6.07, 6.45) is 2.30. The summed E-state index contributed by atoms with van der Waals surface area (Å²) in [7, 11) is 0. The lowest BCUT2D eigenvalue weighted by Crippen LogP contribution is -2.54. The summed E-state index contributed by atoms with van der Waals surface area (Å²) in [5.74, 6) is -0.809. The van der Waals surface area contributed by atoms with E-state index in [1.807, 2.05) is 18.7 Å². The minimum Gasteiger partial charge on any atom is -0.481 e. The van der Waals surface area contributed by atoms with Crippen molar-refractivity contribution < 1.29 is 14.7 Å². The molecular formula is C14H26N2O3. The normalized spacial score (nSPS) is 24.9. The number of carbonyl (C=O) groups excluding carboxylic acids is 1. The highest BCUT2D eigenvalue weighted by Gasteiger charge is 2.40. The monoisotopic (exact) mass is 270 g/mol. The molecule has 1 aliphatic heterocycles. The predicted octanol–water partition coefficient (Wildman–Crippen LogP) is 2.41. The number of likely N-dealkylation sites (tertiary alicyclic amines) is 1. The SMILES string of the molecule is CCC(C)N(CC)C(=O)N1CCCC(C)(C(=O)O)C1. The van der Waals surface area contributed by atoms with Gasteiger partial charge in [-0.15, -0.1) is 0 Å². The van der Waals surface area contributed by atoms with Crippen LogP contribution in [0.2, 0.25) is 0 Å². The zero-order valence-electron chi connectivity index (χ0n) is 12.5. The van der Waals surface area contributed by atoms with E-state index < -0.39 is 11.4 Å². The Morgan fingerprint density at radius 1 is 1.42 bits per heavy atom. The van der Waals surface area contributed by atoms with Gasteiger partial charge < -0.3 is 14.9 Å². The van der Waals surface area contributed by atoms with E-state index in [4.69, 9.17) is 0 Å². The molecule has 1 rings (SSSR count). The number of aliphatic carboxylic acids is 1. The Balaban J connectivity index is 2.79. The molecule has 0 aromatic heterocycles. The number of amides is 2. The first kappa shape index (κ1) is 15.8. The highest BCUT2D eigenvalue weighted by molar-refractivity contribution is 5.78. The van der Waals surface area contributed by atoms with Gasteiger partial charge in [-0.25, -0.2) is 4.79 Å². The van der Waals surface area contributed by atoms with Crippen molar-refractivity contribution in [3.63, 3.8) is 0 Å². The highest BCUT2D eigenvalue weighted by Crippen LogP contribution is 2.30. The van der Waals surface area contributed by atoms with Crippen molar-refractivity contribution in [2.45, 2.75) is 53.0 Å². The van der Waals surface area contributed by atoms with Gasteiger partial charge in [-0.1, -0.05) is 6.92 Å². The molecule has 19 heavy (non-hydrogen) atoms. The lowest BCUT2D eigenvalue weighted by molar-refractivity contribution is -0.150. The average molecular weight is 270 g/mol. The minimum atomic E-state index is -0.809. The number of carbonyl (C=O) groups is 2. The molecule has 2 unspecified atom stereocenters. The second-order valence-electron chi connectivity index (χ2n) is 5.72. The first-order valence-corrected chi connectivity index (χ1v) is 7.14. The van der Waals surface area contributed by atoms with Gasteiger partial charge >= 0.3 is 12.0 Å². The molecule has 1 aliphatic rings. The zero-order valence-corrected chi connectivity index (χ0v) is 12.5. The average Bonchev–Trinajstić information content (AvgIpc) is 2.39. The number of carboxylic acid groups (broad SMARTS) is 1. The largest absolute Gasteiger partial charge is 0.481 e. The Morgan fingerprint density at radius 2 is 2.05 bits per heavy atom. The molecule has 2 amide bonds. The Hall–Kier alpha value is -1.26. The number of urea groups is 1. The van der Waals surface area contributed by atoms with Crippen LogP contribution in [0.3, 0.4) is 0 Å². The summed E-state index contributed by atoms with van der Waals surface area (Å²) >= 11 is 0. The molecule has 2 atom stereocenters. The topological polar surface area (TPSA) is 60.9 Å². The van der Waals surface area contributed by atoms with Gasteiger partial charge in [0, 0.05) is 25.7 Å². The van der Waals surface area contributed by atoms with Crippen LogP contribution in [0, 0.1) is 5.41 Å². The molecule has 1 N–H and O–H groups in total. The van der Waals surface area contributed by atoms with Gasteiger partial charge in [0.2, 0.25) is 0 Å². The quantitative estimate of drug-likeness (QED) is 0.853. The van der Waals surface area contributed by atoms with Crippen LogP contribution in [0.15, 0.2) is 0 Å². The fraction of sp³-hybridized carbons (Fsp3) is 0.857. The summed E-state index contributed by atoms with van der Waals surface area (Å²) < 4.78 is 0. The molecule has 0 aromatic rings. The number of hydrogen-bond acceptors (Lipinski definition) is 2. The Bertz CT molecular complexity index is 346. The fourth-order valence-electron chi connectivity index (χ4n) is 2.61. The van der Waals surface area contributed by atoms with Crippen molar-refractivity contribution in [3.8, 4) is 0 Å². The van der Waals surface area contributed by atoms with Gasteiger partial charge in [0.1, 0.15) is 0 Å². The molecular weight excluding hydrogens is 244 g/mol. The molecule has 110 valence electrons. The second kappa shape index (κ2) is 6.26. The van der Waals surface area contributed by atoms with E-state index >= 15 is 0 Å². The summed E-state index contributed by atoms with van der Waals surface area (Å²) in [5.41, 5.74) is -0.803. The molecule has 0 aromatic carbocycles. The van der Waals surface area contributed by atoms with Crippen LogP contribution in [0.4, 0.5) is 4.79 Å². The maximum atomic E-state index is 12.5. The molecule has 0 bridgehead atoms. The van der Waals surface area contributed by atoms with Crippen LogP contribution in [0.5, 0.6) is 0 Å². The van der Waals surface area contributed by atoms with E-state index in [1.54, 1.807) is 11.8 Å². The van der Waals surface area contributed by atoms with Crippen molar-refractivity contribution in [3.05, 3.63) is 0 Å². The maximum absolute atomic E-state index is 12.5. The van der Waals surface area contributed by atoms with E-state index in [2.05, 4.69) is 6.92 Å². The van der Waals surface area contributed by atoms with Crippen molar-refractivity contribution in [1.82, 2.24) is 9.80 Å². The van der Waals surface area contributed by atoms with Gasteiger partial charge in [-0.3, -0.25) is 4.79 Å². The number of carboxylic acids is 1. The Labute approximate surface area is 115 Å². The van der Waals surface area contributed by atoms with Gasteiger partial charge in [-0.05, 0) is 40.0 Å². The third-order valence-electron chi connectivity index (χ3n) is 4.19. The predicted molar refractivity (Wildman–Crippen MR) is 74.1 cm³/mol. The van der Waals surface area contributed by atoms with Crippen molar-refractivity contribution in [2.75, 3.05) is 19.6 Å². The van der Waals surface area contributed by atoms with E-state index in [0.29, 0.717) is 26.1 Å². The van der Waals surface area contributed by atoms with E-state index in [9.17, 15) is 14.7 Å². The van der Waals surface area contributed by atoms with Crippen LogP contribution >= 0.6 is 0 Å². The minimum absolute atomic E-state index is 0.0241. The summed E-state index contributed by atoms with van der Waals surface area (Å²) in [5, 5.41) is 9.30. The molecule has 1 saturated heterocycles. The van der Waals surface area contributed by atoms with Crippen LogP contribution < -0.4 is 0 Å². The molecule has 0 saturated carbocycles. The van der Waals surface area contributed by atoms with Crippen LogP contribution in [-0.2, 0) is 4.79 Å². The van der Waals surface area contributed by atoms with E-state index in [0.717, 1.165) is 12.8 Å². The van der Waals surface area contributed by atoms with Crippen LogP contribution in [0.1, 0.15) is 47.0 Å². The molecule has 0 aliphatic carbocycles. The van der Waals surface area contributed by atoms with Gasteiger partial charge in [-0.2, -0.15) is 0 Å². The number of piperidine rings is 1. The van der Waals surface area contributed by atoms with Crippen molar-refractivity contribution in [1.29, 1.82) is 0 Å². The van der Waals surface area contributed by atoms with E-state index in [1.165, 1.54) is 0 Å². The van der Waals surface area contributed by atoms with Gasteiger partial charge in [0.25, 0.3) is 0 Å². The lowest BCUT2D eigenvalue weighted by atomic mass is 9.82. The molecule has 5 nitrogen and oxygen atoms in total. The summed E-state index contributed by atoms with van der Waals surface area (Å²) in [4.78, 5) is 27.3. The van der Waals surface area contributed by atoms with Crippen LogP contribution in [-0.4, -0.2) is 52.6 Å². The van der Waals surface area contributed by atoms with E-state index in [-0.39, 0.29) is 12.1 Å². The van der Waals surface area contributed by atoms with Crippen molar-refractivity contribution in [2.24, 2.45) is 5.41 Å². The fourth-order valence-corrected chi connectivity index (χ4v) is 2.61. The van der Waals surface area contributed by atoms with Crippen LogP contribution in [0.25, 0.3) is 0 Å². The first-order valence-electron chi connectivity index (χ1n) is 7.14. The Morgan fingerprint density at radius 3 is 2.53 bits per heavy atom. The number of rotatable bonds is 4. The first-order chi connectivity index (χ1) is 8.85. The molecule has 1 fully saturated rings. The highest BCUT2D eigenvalue weighted by atomic mass is 16.4. The number of hydrogen-bond donors (Lipinski definition) is 1. The maximum Gasteiger partial charge on any atom is 0.320 e. The van der Waals surface area contributed by atoms with Gasteiger partial charge in [0.05, 0.1) is 5.41 Å². The molecule has 5 heteroatoms. The number of nitrogens with zero attached hydrogens (tertiary/aromatic N) is 2. The van der Waals surface area contributed by atoms with Crippen molar-refractivity contribution >= 4 is 12.0 Å². The standard InChI is InChI=1S/C14H26N2O3/c1-5-11(3)16(6-2)13(19)15-9-7-8-14(4,10-15)12(17)18/h11H,5-10H2,1-4H3,(H,17,18).